The Morgan fingerprint density at radius 3 is 2.61 bits per heavy atom. The van der Waals surface area contributed by atoms with Gasteiger partial charge in [0, 0.05) is 36.8 Å². The van der Waals surface area contributed by atoms with E-state index < -0.39 is 0 Å². The van der Waals surface area contributed by atoms with Crippen molar-refractivity contribution >= 4 is 11.7 Å². The largest absolute Gasteiger partial charge is 0.357 e. The molecule has 2 saturated heterocycles. The second kappa shape index (κ2) is 9.15. The van der Waals surface area contributed by atoms with Crippen molar-refractivity contribution in [2.24, 2.45) is 0 Å². The van der Waals surface area contributed by atoms with E-state index >= 15 is 0 Å². The van der Waals surface area contributed by atoms with Crippen LogP contribution < -0.4 is 10.2 Å². The molecule has 2 aliphatic heterocycles. The Hall–Kier alpha value is -2.47. The third-order valence-electron chi connectivity index (χ3n) is 5.64. The van der Waals surface area contributed by atoms with Crippen LogP contribution in [-0.4, -0.2) is 60.0 Å². The number of hydrogen-bond donors (Lipinski definition) is 1. The molecular formula is C22H29N5O. The number of likely N-dealkylation sites (tertiary alicyclic amines) is 1. The zero-order valence-electron chi connectivity index (χ0n) is 16.4. The van der Waals surface area contributed by atoms with Gasteiger partial charge < -0.3 is 15.1 Å². The van der Waals surface area contributed by atoms with Crippen LogP contribution in [0.4, 0.5) is 5.82 Å². The number of anilines is 1. The molecule has 6 heteroatoms. The Labute approximate surface area is 167 Å². The molecule has 1 amide bonds. The van der Waals surface area contributed by atoms with Crippen LogP contribution in [0.5, 0.6) is 0 Å². The van der Waals surface area contributed by atoms with Crippen LogP contribution in [0.25, 0.3) is 11.3 Å². The first-order chi connectivity index (χ1) is 13.8. The summed E-state index contributed by atoms with van der Waals surface area (Å²) in [5.74, 6) is 0.955. The van der Waals surface area contributed by atoms with E-state index in [0.717, 1.165) is 43.1 Å². The van der Waals surface area contributed by atoms with E-state index in [4.69, 9.17) is 0 Å². The summed E-state index contributed by atoms with van der Waals surface area (Å²) >= 11 is 0. The molecule has 4 rings (SSSR count). The summed E-state index contributed by atoms with van der Waals surface area (Å²) in [6.07, 6.45) is 7.66. The van der Waals surface area contributed by atoms with Gasteiger partial charge in [-0.3, -0.25) is 4.79 Å². The predicted molar refractivity (Wildman–Crippen MR) is 112 cm³/mol. The van der Waals surface area contributed by atoms with Crippen molar-refractivity contribution < 1.29 is 4.79 Å². The van der Waals surface area contributed by atoms with Crippen molar-refractivity contribution in [2.75, 3.05) is 44.2 Å². The fourth-order valence-corrected chi connectivity index (χ4v) is 4.06. The fraction of sp³-hybridized carbons (Fsp3) is 0.500. The van der Waals surface area contributed by atoms with Crippen molar-refractivity contribution in [3.05, 3.63) is 42.2 Å². The number of hydrogen-bond acceptors (Lipinski definition) is 5. The van der Waals surface area contributed by atoms with E-state index in [1.807, 2.05) is 30.3 Å². The van der Waals surface area contributed by atoms with Gasteiger partial charge in [0.2, 0.25) is 0 Å². The molecule has 2 fully saturated rings. The molecule has 1 aromatic heterocycles. The SMILES string of the molecule is O=C(NCCCN1CCCC1)c1cccc(-c2cc(N3CCCC3)ncn2)c1. The lowest BCUT2D eigenvalue weighted by Crippen LogP contribution is -2.28. The monoisotopic (exact) mass is 379 g/mol. The minimum atomic E-state index is -0.0166. The lowest BCUT2D eigenvalue weighted by Gasteiger charge is -2.16. The average Bonchev–Trinajstić information content (AvgIpc) is 3.45. The quantitative estimate of drug-likeness (QED) is 0.750. The van der Waals surface area contributed by atoms with E-state index in [1.165, 1.54) is 38.8 Å². The number of rotatable bonds is 7. The van der Waals surface area contributed by atoms with Gasteiger partial charge in [-0.25, -0.2) is 9.97 Å². The summed E-state index contributed by atoms with van der Waals surface area (Å²) in [7, 11) is 0. The molecule has 6 nitrogen and oxygen atoms in total. The summed E-state index contributed by atoms with van der Waals surface area (Å²) < 4.78 is 0. The molecule has 2 aromatic rings. The Morgan fingerprint density at radius 2 is 1.79 bits per heavy atom. The van der Waals surface area contributed by atoms with Gasteiger partial charge in [0.05, 0.1) is 5.69 Å². The van der Waals surface area contributed by atoms with Gasteiger partial charge in [-0.05, 0) is 63.9 Å². The van der Waals surface area contributed by atoms with Crippen molar-refractivity contribution in [2.45, 2.75) is 32.1 Å². The van der Waals surface area contributed by atoms with Gasteiger partial charge in [0.25, 0.3) is 5.91 Å². The molecule has 148 valence electrons. The van der Waals surface area contributed by atoms with Gasteiger partial charge in [-0.1, -0.05) is 12.1 Å². The second-order valence-electron chi connectivity index (χ2n) is 7.69. The van der Waals surface area contributed by atoms with Crippen LogP contribution in [0.2, 0.25) is 0 Å². The molecule has 0 radical (unpaired) electrons. The zero-order valence-corrected chi connectivity index (χ0v) is 16.4. The Balaban J connectivity index is 1.37. The number of carbonyl (C=O) groups is 1. The zero-order chi connectivity index (χ0) is 19.2. The Kier molecular flexibility index (Phi) is 6.17. The van der Waals surface area contributed by atoms with E-state index in [1.54, 1.807) is 6.33 Å². The standard InChI is InChI=1S/C22H29N5O/c28-22(23-9-6-12-26-10-1-2-11-26)19-8-5-7-18(15-19)20-16-21(25-17-24-20)27-13-3-4-14-27/h5,7-8,15-17H,1-4,6,9-14H2,(H,23,28). The highest BCUT2D eigenvalue weighted by atomic mass is 16.1. The first kappa shape index (κ1) is 18.9. The Morgan fingerprint density at radius 1 is 1.00 bits per heavy atom. The molecule has 0 unspecified atom stereocenters. The maximum atomic E-state index is 12.5. The maximum Gasteiger partial charge on any atom is 0.251 e. The van der Waals surface area contributed by atoms with Crippen LogP contribution in [0.15, 0.2) is 36.7 Å². The van der Waals surface area contributed by atoms with Gasteiger partial charge in [0.15, 0.2) is 0 Å². The molecule has 2 aliphatic rings. The fourth-order valence-electron chi connectivity index (χ4n) is 4.06. The highest BCUT2D eigenvalue weighted by Crippen LogP contribution is 2.24. The van der Waals surface area contributed by atoms with Gasteiger partial charge >= 0.3 is 0 Å². The lowest BCUT2D eigenvalue weighted by molar-refractivity contribution is 0.0952. The average molecular weight is 380 g/mol. The molecule has 0 spiro atoms. The number of carbonyl (C=O) groups excluding carboxylic acids is 1. The highest BCUT2D eigenvalue weighted by molar-refractivity contribution is 5.95. The molecule has 0 aliphatic carbocycles. The summed E-state index contributed by atoms with van der Waals surface area (Å²) in [5, 5.41) is 3.05. The number of nitrogens with zero attached hydrogens (tertiary/aromatic N) is 4. The van der Waals surface area contributed by atoms with Gasteiger partial charge in [-0.15, -0.1) is 0 Å². The number of benzene rings is 1. The lowest BCUT2D eigenvalue weighted by atomic mass is 10.1. The first-order valence-electron chi connectivity index (χ1n) is 10.5. The number of nitrogens with one attached hydrogen (secondary N) is 1. The molecule has 0 bridgehead atoms. The normalized spacial score (nSPS) is 17.2. The summed E-state index contributed by atoms with van der Waals surface area (Å²) in [6, 6.07) is 9.73. The van der Waals surface area contributed by atoms with E-state index in [-0.39, 0.29) is 5.91 Å². The van der Waals surface area contributed by atoms with E-state index in [9.17, 15) is 4.79 Å². The summed E-state index contributed by atoms with van der Waals surface area (Å²) in [4.78, 5) is 26.1. The summed E-state index contributed by atoms with van der Waals surface area (Å²) in [6.45, 7) is 6.29. The van der Waals surface area contributed by atoms with Crippen LogP contribution in [0, 0.1) is 0 Å². The first-order valence-corrected chi connectivity index (χ1v) is 10.5. The van der Waals surface area contributed by atoms with Crippen LogP contribution >= 0.6 is 0 Å². The van der Waals surface area contributed by atoms with Crippen molar-refractivity contribution in [3.8, 4) is 11.3 Å². The molecule has 3 heterocycles. The molecule has 1 N–H and O–H groups in total. The number of amides is 1. The minimum Gasteiger partial charge on any atom is -0.357 e. The van der Waals surface area contributed by atoms with E-state index in [0.29, 0.717) is 12.1 Å². The molecule has 1 aromatic carbocycles. The molecule has 28 heavy (non-hydrogen) atoms. The van der Waals surface area contributed by atoms with E-state index in [2.05, 4.69) is 25.1 Å². The third-order valence-corrected chi connectivity index (χ3v) is 5.64. The number of aromatic nitrogens is 2. The van der Waals surface area contributed by atoms with Crippen LogP contribution in [-0.2, 0) is 0 Å². The maximum absolute atomic E-state index is 12.5. The van der Waals surface area contributed by atoms with Crippen LogP contribution in [0.3, 0.4) is 0 Å². The van der Waals surface area contributed by atoms with Crippen molar-refractivity contribution in [1.29, 1.82) is 0 Å². The highest BCUT2D eigenvalue weighted by Gasteiger charge is 2.15. The topological polar surface area (TPSA) is 61.4 Å². The third kappa shape index (κ3) is 4.68. The smallest absolute Gasteiger partial charge is 0.251 e. The van der Waals surface area contributed by atoms with Gasteiger partial charge in [-0.2, -0.15) is 0 Å². The minimum absolute atomic E-state index is 0.0166. The van der Waals surface area contributed by atoms with Crippen LogP contribution in [0.1, 0.15) is 42.5 Å². The van der Waals surface area contributed by atoms with Gasteiger partial charge in [0.1, 0.15) is 12.1 Å². The van der Waals surface area contributed by atoms with Crippen molar-refractivity contribution in [1.82, 2.24) is 20.2 Å². The second-order valence-corrected chi connectivity index (χ2v) is 7.69. The molecule has 0 saturated carbocycles. The Bertz CT molecular complexity index is 797. The molecule has 0 atom stereocenters. The summed E-state index contributed by atoms with van der Waals surface area (Å²) in [5.41, 5.74) is 2.49. The predicted octanol–water partition coefficient (Wildman–Crippen LogP) is 2.96. The van der Waals surface area contributed by atoms with Crippen molar-refractivity contribution in [3.63, 3.8) is 0 Å². The molecular weight excluding hydrogens is 350 g/mol.